The summed E-state index contributed by atoms with van der Waals surface area (Å²) in [6.07, 6.45) is 2.84. The first-order chi connectivity index (χ1) is 5.44. The number of aliphatic hydroxyl groups is 2. The van der Waals surface area contributed by atoms with Gasteiger partial charge in [-0.05, 0) is 30.3 Å². The zero-order valence-electron chi connectivity index (χ0n) is 7.93. The molecule has 1 aliphatic carbocycles. The zero-order valence-corrected chi connectivity index (χ0v) is 7.93. The molecule has 1 saturated carbocycles. The van der Waals surface area contributed by atoms with Gasteiger partial charge in [-0.2, -0.15) is 0 Å². The third kappa shape index (κ3) is 1.19. The maximum absolute atomic E-state index is 10.1. The predicted octanol–water partition coefficient (Wildman–Crippen LogP) is 1.48. The molecule has 0 heterocycles. The molecule has 0 radical (unpaired) electrons. The van der Waals surface area contributed by atoms with Crippen LogP contribution in [-0.4, -0.2) is 22.4 Å². The highest BCUT2D eigenvalue weighted by molar-refractivity contribution is 5.20. The molecule has 0 aromatic heterocycles. The minimum atomic E-state index is -1.06. The summed E-state index contributed by atoms with van der Waals surface area (Å²) >= 11 is 0. The average molecular weight is 170 g/mol. The Morgan fingerprint density at radius 3 is 2.42 bits per heavy atom. The molecule has 1 rings (SSSR count). The van der Waals surface area contributed by atoms with Gasteiger partial charge < -0.3 is 10.2 Å². The number of aliphatic hydroxyl groups excluding tert-OH is 1. The van der Waals surface area contributed by atoms with E-state index < -0.39 is 5.60 Å². The fraction of sp³-hybridized carbons (Fsp3) is 0.800. The number of hydrogen-bond donors (Lipinski definition) is 2. The van der Waals surface area contributed by atoms with Gasteiger partial charge in [-0.3, -0.25) is 0 Å². The Labute approximate surface area is 73.9 Å². The van der Waals surface area contributed by atoms with Crippen LogP contribution in [0.2, 0.25) is 0 Å². The zero-order chi connectivity index (χ0) is 9.41. The molecule has 1 fully saturated rings. The second-order valence-electron chi connectivity index (χ2n) is 4.36. The van der Waals surface area contributed by atoms with Gasteiger partial charge in [0.15, 0.2) is 0 Å². The molecule has 2 N–H and O–H groups in total. The van der Waals surface area contributed by atoms with E-state index in [-0.39, 0.29) is 12.0 Å². The summed E-state index contributed by atoms with van der Waals surface area (Å²) in [7, 11) is 0. The van der Waals surface area contributed by atoms with Crippen LogP contribution in [0.1, 0.15) is 33.1 Å². The summed E-state index contributed by atoms with van der Waals surface area (Å²) < 4.78 is 0. The summed E-state index contributed by atoms with van der Waals surface area (Å²) in [5.74, 6) is 0. The van der Waals surface area contributed by atoms with Crippen molar-refractivity contribution in [2.45, 2.75) is 38.7 Å². The van der Waals surface area contributed by atoms with Gasteiger partial charge in [0.25, 0.3) is 0 Å². The van der Waals surface area contributed by atoms with Crippen LogP contribution in [0.3, 0.4) is 0 Å². The molecule has 1 atom stereocenters. The molecule has 0 bridgehead atoms. The van der Waals surface area contributed by atoms with Crippen LogP contribution in [0, 0.1) is 5.41 Å². The van der Waals surface area contributed by atoms with Gasteiger partial charge in [-0.15, -0.1) is 0 Å². The van der Waals surface area contributed by atoms with Crippen LogP contribution in [0.25, 0.3) is 0 Å². The molecule has 0 aromatic carbocycles. The lowest BCUT2D eigenvalue weighted by Gasteiger charge is -2.46. The Bertz CT molecular complexity index is 196. The van der Waals surface area contributed by atoms with Gasteiger partial charge in [0.2, 0.25) is 0 Å². The fourth-order valence-electron chi connectivity index (χ4n) is 1.96. The van der Waals surface area contributed by atoms with Crippen LogP contribution in [0.15, 0.2) is 12.2 Å². The van der Waals surface area contributed by atoms with Gasteiger partial charge >= 0.3 is 0 Å². The van der Waals surface area contributed by atoms with E-state index in [0.717, 1.165) is 24.8 Å². The SMILES string of the molecule is C=C1CCCC(C)(C)C1(O)CO. The average Bonchev–Trinajstić information content (AvgIpc) is 2.00. The minimum Gasteiger partial charge on any atom is -0.393 e. The monoisotopic (exact) mass is 170 g/mol. The highest BCUT2D eigenvalue weighted by Crippen LogP contribution is 2.45. The summed E-state index contributed by atoms with van der Waals surface area (Å²) in [5, 5.41) is 19.3. The van der Waals surface area contributed by atoms with E-state index in [4.69, 9.17) is 5.11 Å². The maximum Gasteiger partial charge on any atom is 0.113 e. The lowest BCUT2D eigenvalue weighted by Crippen LogP contribution is -2.51. The van der Waals surface area contributed by atoms with Crippen molar-refractivity contribution in [3.63, 3.8) is 0 Å². The van der Waals surface area contributed by atoms with E-state index in [1.165, 1.54) is 0 Å². The van der Waals surface area contributed by atoms with E-state index in [1.54, 1.807) is 0 Å². The van der Waals surface area contributed by atoms with Crippen molar-refractivity contribution >= 4 is 0 Å². The van der Waals surface area contributed by atoms with Crippen LogP contribution >= 0.6 is 0 Å². The van der Waals surface area contributed by atoms with E-state index in [2.05, 4.69) is 6.58 Å². The summed E-state index contributed by atoms with van der Waals surface area (Å²) in [6, 6.07) is 0. The molecule has 0 spiro atoms. The van der Waals surface area contributed by atoms with Gasteiger partial charge in [0, 0.05) is 0 Å². The number of hydrogen-bond acceptors (Lipinski definition) is 2. The normalized spacial score (nSPS) is 35.2. The fourth-order valence-corrected chi connectivity index (χ4v) is 1.96. The van der Waals surface area contributed by atoms with Crippen molar-refractivity contribution in [2.75, 3.05) is 6.61 Å². The van der Waals surface area contributed by atoms with Crippen LogP contribution < -0.4 is 0 Å². The molecule has 1 unspecified atom stereocenters. The summed E-state index contributed by atoms with van der Waals surface area (Å²) in [4.78, 5) is 0. The lowest BCUT2D eigenvalue weighted by atomic mass is 9.64. The molecule has 2 nitrogen and oxygen atoms in total. The van der Waals surface area contributed by atoms with Gasteiger partial charge in [0.1, 0.15) is 5.60 Å². The Hall–Kier alpha value is -0.340. The highest BCUT2D eigenvalue weighted by Gasteiger charge is 2.46. The third-order valence-electron chi connectivity index (χ3n) is 3.21. The van der Waals surface area contributed by atoms with Crippen molar-refractivity contribution in [3.8, 4) is 0 Å². The molecule has 0 aromatic rings. The second-order valence-corrected chi connectivity index (χ2v) is 4.36. The van der Waals surface area contributed by atoms with Crippen molar-refractivity contribution in [2.24, 2.45) is 5.41 Å². The van der Waals surface area contributed by atoms with Gasteiger partial charge in [0.05, 0.1) is 6.61 Å². The molecular formula is C10H18O2. The quantitative estimate of drug-likeness (QED) is 0.585. The van der Waals surface area contributed by atoms with Crippen LogP contribution in [0.5, 0.6) is 0 Å². The molecule has 70 valence electrons. The van der Waals surface area contributed by atoms with E-state index in [9.17, 15) is 5.11 Å². The Balaban J connectivity index is 2.96. The maximum atomic E-state index is 10.1. The topological polar surface area (TPSA) is 40.5 Å². The standard InChI is InChI=1S/C10H18O2/c1-8-5-4-6-9(2,3)10(8,12)7-11/h11-12H,1,4-7H2,2-3H3. The van der Waals surface area contributed by atoms with Crippen LogP contribution in [0.4, 0.5) is 0 Å². The van der Waals surface area contributed by atoms with Crippen molar-refractivity contribution in [1.82, 2.24) is 0 Å². The Morgan fingerprint density at radius 1 is 1.50 bits per heavy atom. The van der Waals surface area contributed by atoms with Crippen molar-refractivity contribution in [1.29, 1.82) is 0 Å². The molecular weight excluding hydrogens is 152 g/mol. The smallest absolute Gasteiger partial charge is 0.113 e. The predicted molar refractivity (Wildman–Crippen MR) is 48.8 cm³/mol. The summed E-state index contributed by atoms with van der Waals surface area (Å²) in [5.41, 5.74) is -0.524. The number of rotatable bonds is 1. The Kier molecular flexibility index (Phi) is 2.32. The molecule has 0 saturated heterocycles. The van der Waals surface area contributed by atoms with Crippen LogP contribution in [-0.2, 0) is 0 Å². The minimum absolute atomic E-state index is 0.209. The van der Waals surface area contributed by atoms with E-state index in [0.29, 0.717) is 0 Å². The molecule has 0 aliphatic heterocycles. The molecule has 12 heavy (non-hydrogen) atoms. The second kappa shape index (κ2) is 2.86. The lowest BCUT2D eigenvalue weighted by molar-refractivity contribution is -0.0894. The van der Waals surface area contributed by atoms with E-state index >= 15 is 0 Å². The molecule has 0 amide bonds. The molecule has 1 aliphatic rings. The Morgan fingerprint density at radius 2 is 2.08 bits per heavy atom. The van der Waals surface area contributed by atoms with Crippen molar-refractivity contribution < 1.29 is 10.2 Å². The first kappa shape index (κ1) is 9.75. The molecule has 2 heteroatoms. The van der Waals surface area contributed by atoms with Crippen molar-refractivity contribution in [3.05, 3.63) is 12.2 Å². The van der Waals surface area contributed by atoms with E-state index in [1.807, 2.05) is 13.8 Å². The van der Waals surface area contributed by atoms with Gasteiger partial charge in [-0.1, -0.05) is 20.4 Å². The van der Waals surface area contributed by atoms with Gasteiger partial charge in [-0.25, -0.2) is 0 Å². The summed E-state index contributed by atoms with van der Waals surface area (Å²) in [6.45, 7) is 7.57. The first-order valence-corrected chi connectivity index (χ1v) is 4.45. The largest absolute Gasteiger partial charge is 0.393 e. The highest BCUT2D eigenvalue weighted by atomic mass is 16.3. The first-order valence-electron chi connectivity index (χ1n) is 4.45. The third-order valence-corrected chi connectivity index (χ3v) is 3.21.